The Bertz CT molecular complexity index is 998. The number of fused-ring (bicyclic) bond motifs is 2. The molecule has 1 aromatic heterocycles. The summed E-state index contributed by atoms with van der Waals surface area (Å²) < 4.78 is 11.8. The van der Waals surface area contributed by atoms with Gasteiger partial charge in [0.1, 0.15) is 6.54 Å². The summed E-state index contributed by atoms with van der Waals surface area (Å²) in [5.41, 5.74) is 1.04. The zero-order valence-corrected chi connectivity index (χ0v) is 16.6. The van der Waals surface area contributed by atoms with Gasteiger partial charge in [-0.05, 0) is 54.9 Å². The van der Waals surface area contributed by atoms with Crippen LogP contribution in [0, 0.1) is 17.8 Å². The summed E-state index contributed by atoms with van der Waals surface area (Å²) in [6.45, 7) is 0.547. The van der Waals surface area contributed by atoms with Crippen molar-refractivity contribution in [1.29, 1.82) is 0 Å². The number of nitrogens with one attached hydrogen (secondary N) is 1. The minimum atomic E-state index is -0.313. The lowest BCUT2D eigenvalue weighted by Crippen LogP contribution is -2.36. The number of aromatic nitrogens is 2. The van der Waals surface area contributed by atoms with Crippen LogP contribution in [0.25, 0.3) is 11.3 Å². The molecule has 7 heteroatoms. The average Bonchev–Trinajstić information content (AvgIpc) is 3.36. The Kier molecular flexibility index (Phi) is 5.38. The van der Waals surface area contributed by atoms with Crippen molar-refractivity contribution in [3.05, 3.63) is 52.8 Å². The third-order valence-corrected chi connectivity index (χ3v) is 5.82. The van der Waals surface area contributed by atoms with Crippen LogP contribution in [0.5, 0.6) is 11.5 Å². The predicted molar refractivity (Wildman–Crippen MR) is 109 cm³/mol. The Morgan fingerprint density at radius 3 is 2.66 bits per heavy atom. The fraction of sp³-hybridized carbons (Fsp3) is 0.409. The Hall–Kier alpha value is -3.09. The van der Waals surface area contributed by atoms with Crippen molar-refractivity contribution in [1.82, 2.24) is 15.1 Å². The highest BCUT2D eigenvalue weighted by Crippen LogP contribution is 2.42. The number of hydrogen-bond acceptors (Lipinski definition) is 5. The van der Waals surface area contributed by atoms with Crippen LogP contribution in [0.15, 0.2) is 47.3 Å². The Balaban J connectivity index is 1.45. The molecule has 7 nitrogen and oxygen atoms in total. The smallest absolute Gasteiger partial charge is 0.267 e. The molecule has 3 atom stereocenters. The van der Waals surface area contributed by atoms with E-state index in [0.29, 0.717) is 41.5 Å². The summed E-state index contributed by atoms with van der Waals surface area (Å²) in [6, 6.07) is 8.47. The van der Waals surface area contributed by atoms with Crippen molar-refractivity contribution < 1.29 is 14.3 Å². The summed E-state index contributed by atoms with van der Waals surface area (Å²) in [4.78, 5) is 24.6. The topological polar surface area (TPSA) is 82.5 Å². The van der Waals surface area contributed by atoms with Crippen molar-refractivity contribution in [2.45, 2.75) is 19.4 Å². The molecule has 2 aromatic rings. The van der Waals surface area contributed by atoms with Crippen molar-refractivity contribution in [2.75, 3.05) is 20.8 Å². The molecule has 1 saturated carbocycles. The quantitative estimate of drug-likeness (QED) is 0.727. The number of carbonyl (C=O) groups is 1. The van der Waals surface area contributed by atoms with Gasteiger partial charge < -0.3 is 14.8 Å². The van der Waals surface area contributed by atoms with Crippen LogP contribution in [-0.4, -0.2) is 36.5 Å². The van der Waals surface area contributed by atoms with E-state index in [2.05, 4.69) is 22.6 Å². The number of benzene rings is 1. The van der Waals surface area contributed by atoms with Gasteiger partial charge in [-0.1, -0.05) is 12.2 Å². The van der Waals surface area contributed by atoms with Gasteiger partial charge in [0.05, 0.1) is 19.9 Å². The molecule has 0 spiro atoms. The first-order valence-electron chi connectivity index (χ1n) is 9.83. The fourth-order valence-corrected chi connectivity index (χ4v) is 4.28. The molecule has 152 valence electrons. The van der Waals surface area contributed by atoms with Gasteiger partial charge in [-0.3, -0.25) is 9.59 Å². The van der Waals surface area contributed by atoms with Crippen LogP contribution in [0.4, 0.5) is 0 Å². The van der Waals surface area contributed by atoms with E-state index in [0.717, 1.165) is 12.0 Å². The second-order valence-electron chi connectivity index (χ2n) is 7.63. The number of hydrogen-bond donors (Lipinski definition) is 1. The lowest BCUT2D eigenvalue weighted by atomic mass is 9.94. The predicted octanol–water partition coefficient (Wildman–Crippen LogP) is 2.26. The summed E-state index contributed by atoms with van der Waals surface area (Å²) in [7, 11) is 3.13. The molecule has 2 aliphatic carbocycles. The Labute approximate surface area is 169 Å². The molecule has 0 unspecified atom stereocenters. The van der Waals surface area contributed by atoms with E-state index in [1.807, 2.05) is 6.07 Å². The molecule has 2 bridgehead atoms. The maximum atomic E-state index is 12.4. The van der Waals surface area contributed by atoms with Gasteiger partial charge in [-0.15, -0.1) is 0 Å². The van der Waals surface area contributed by atoms with E-state index >= 15 is 0 Å². The van der Waals surface area contributed by atoms with E-state index in [1.165, 1.54) is 17.2 Å². The first-order chi connectivity index (χ1) is 14.1. The van der Waals surface area contributed by atoms with Gasteiger partial charge in [0.15, 0.2) is 11.5 Å². The van der Waals surface area contributed by atoms with Crippen LogP contribution in [0.2, 0.25) is 0 Å². The van der Waals surface area contributed by atoms with Crippen molar-refractivity contribution in [3.63, 3.8) is 0 Å². The highest BCUT2D eigenvalue weighted by Gasteiger charge is 2.35. The Morgan fingerprint density at radius 2 is 1.97 bits per heavy atom. The van der Waals surface area contributed by atoms with Crippen LogP contribution >= 0.6 is 0 Å². The van der Waals surface area contributed by atoms with Crippen LogP contribution in [0.3, 0.4) is 0 Å². The van der Waals surface area contributed by atoms with Crippen molar-refractivity contribution >= 4 is 5.91 Å². The van der Waals surface area contributed by atoms with Gasteiger partial charge in [0.25, 0.3) is 5.56 Å². The number of carbonyl (C=O) groups excluding carboxylic acids is 1. The molecule has 2 aliphatic rings. The zero-order chi connectivity index (χ0) is 20.4. The molecule has 0 radical (unpaired) electrons. The number of allylic oxidation sites excluding steroid dienone is 2. The summed E-state index contributed by atoms with van der Waals surface area (Å²) in [6.07, 6.45) is 6.89. The van der Waals surface area contributed by atoms with Crippen molar-refractivity contribution in [2.24, 2.45) is 17.8 Å². The third-order valence-electron chi connectivity index (χ3n) is 5.82. The maximum absolute atomic E-state index is 12.4. The molecule has 1 heterocycles. The normalized spacial score (nSPS) is 21.9. The largest absolute Gasteiger partial charge is 0.493 e. The van der Waals surface area contributed by atoms with Crippen molar-refractivity contribution in [3.8, 4) is 22.8 Å². The lowest BCUT2D eigenvalue weighted by molar-refractivity contribution is -0.122. The van der Waals surface area contributed by atoms with Crippen LogP contribution in [-0.2, 0) is 11.3 Å². The molecule has 29 heavy (non-hydrogen) atoms. The number of rotatable bonds is 7. The summed E-state index contributed by atoms with van der Waals surface area (Å²) in [5.74, 6) is 2.73. The van der Waals surface area contributed by atoms with E-state index in [4.69, 9.17) is 9.47 Å². The third kappa shape index (κ3) is 4.04. The molecule has 1 N–H and O–H groups in total. The molecule has 1 fully saturated rings. The second-order valence-corrected chi connectivity index (χ2v) is 7.63. The monoisotopic (exact) mass is 395 g/mol. The first kappa shape index (κ1) is 19.2. The second kappa shape index (κ2) is 8.11. The average molecular weight is 395 g/mol. The highest BCUT2D eigenvalue weighted by atomic mass is 16.5. The molecular formula is C22H25N3O4. The number of amides is 1. The van der Waals surface area contributed by atoms with Gasteiger partial charge >= 0.3 is 0 Å². The molecule has 1 aromatic carbocycles. The van der Waals surface area contributed by atoms with E-state index in [-0.39, 0.29) is 18.0 Å². The molecule has 4 rings (SSSR count). The maximum Gasteiger partial charge on any atom is 0.267 e. The Morgan fingerprint density at radius 1 is 1.14 bits per heavy atom. The number of nitrogens with zero attached hydrogens (tertiary/aromatic N) is 2. The SMILES string of the molecule is COc1ccc(-c2ccc(=O)n(CC(=O)NC[C@@H]3C[C@@H]4C=C[C@H]3C4)n2)cc1OC. The van der Waals surface area contributed by atoms with E-state index < -0.39 is 0 Å². The van der Waals surface area contributed by atoms with E-state index in [9.17, 15) is 9.59 Å². The minimum absolute atomic E-state index is 0.101. The highest BCUT2D eigenvalue weighted by molar-refractivity contribution is 5.75. The number of methoxy groups -OCH3 is 2. The molecule has 0 aliphatic heterocycles. The molecular weight excluding hydrogens is 370 g/mol. The molecule has 1 amide bonds. The van der Waals surface area contributed by atoms with Gasteiger partial charge in [-0.2, -0.15) is 5.10 Å². The van der Waals surface area contributed by atoms with Crippen LogP contribution in [0.1, 0.15) is 12.8 Å². The number of ether oxygens (including phenoxy) is 2. The standard InChI is InChI=1S/C22H25N3O4/c1-28-19-7-5-16(11-20(19)29-2)18-6-8-22(27)25(24-18)13-21(26)23-12-17-10-14-3-4-15(17)9-14/h3-8,11,14-15,17H,9-10,12-13H2,1-2H3,(H,23,26)/t14-,15+,17+/m1/s1. The molecule has 0 saturated heterocycles. The zero-order valence-electron chi connectivity index (χ0n) is 16.6. The van der Waals surface area contributed by atoms with Gasteiger partial charge in [0.2, 0.25) is 5.91 Å². The van der Waals surface area contributed by atoms with Gasteiger partial charge in [-0.25, -0.2) is 4.68 Å². The van der Waals surface area contributed by atoms with E-state index in [1.54, 1.807) is 32.4 Å². The first-order valence-corrected chi connectivity index (χ1v) is 9.83. The summed E-state index contributed by atoms with van der Waals surface area (Å²) in [5, 5.41) is 7.34. The fourth-order valence-electron chi connectivity index (χ4n) is 4.28. The minimum Gasteiger partial charge on any atom is -0.493 e. The van der Waals surface area contributed by atoms with Gasteiger partial charge in [0, 0.05) is 18.2 Å². The van der Waals surface area contributed by atoms with Crippen LogP contribution < -0.4 is 20.3 Å². The summed E-state index contributed by atoms with van der Waals surface area (Å²) >= 11 is 0. The lowest BCUT2D eigenvalue weighted by Gasteiger charge is -2.18.